The van der Waals surface area contributed by atoms with Crippen molar-refractivity contribution in [1.82, 2.24) is 10.3 Å². The van der Waals surface area contributed by atoms with Crippen molar-refractivity contribution < 1.29 is 0 Å². The molecule has 0 radical (unpaired) electrons. The molecule has 1 N–H and O–H groups in total. The summed E-state index contributed by atoms with van der Waals surface area (Å²) in [6.07, 6.45) is 1.08. The Balaban J connectivity index is 1.82. The van der Waals surface area contributed by atoms with Crippen LogP contribution in [0.25, 0.3) is 0 Å². The Labute approximate surface area is 135 Å². The summed E-state index contributed by atoms with van der Waals surface area (Å²) < 4.78 is 0. The molecule has 0 fully saturated rings. The molecular formula is C17H22N4S. The molecule has 0 unspecified atom stereocenters. The van der Waals surface area contributed by atoms with E-state index in [0.29, 0.717) is 6.54 Å². The Kier molecular flexibility index (Phi) is 4.43. The lowest BCUT2D eigenvalue weighted by atomic mass is 10.2. The highest BCUT2D eigenvalue weighted by Crippen LogP contribution is 2.27. The highest BCUT2D eigenvalue weighted by Gasteiger charge is 2.22. The summed E-state index contributed by atoms with van der Waals surface area (Å²) >= 11 is 1.74. The first-order valence-electron chi connectivity index (χ1n) is 7.75. The van der Waals surface area contributed by atoms with Crippen molar-refractivity contribution in [3.05, 3.63) is 45.4 Å². The van der Waals surface area contributed by atoms with Gasteiger partial charge in [0.05, 0.1) is 12.2 Å². The largest absolute Gasteiger partial charge is 0.356 e. The summed E-state index contributed by atoms with van der Waals surface area (Å²) in [5.41, 5.74) is 3.79. The van der Waals surface area contributed by atoms with Crippen LogP contribution in [0, 0.1) is 13.8 Å². The molecule has 2 aromatic rings. The Morgan fingerprint density at radius 2 is 2.18 bits per heavy atom. The molecule has 4 nitrogen and oxygen atoms in total. The van der Waals surface area contributed by atoms with Gasteiger partial charge in [-0.2, -0.15) is 0 Å². The molecule has 0 saturated carbocycles. The van der Waals surface area contributed by atoms with E-state index in [1.165, 1.54) is 16.1 Å². The Bertz CT molecular complexity index is 670. The number of aryl methyl sites for hydroxylation is 2. The van der Waals surface area contributed by atoms with Crippen molar-refractivity contribution in [2.24, 2.45) is 4.99 Å². The number of para-hydroxylation sites is 1. The van der Waals surface area contributed by atoms with Gasteiger partial charge >= 0.3 is 0 Å². The number of hydrogen-bond acceptors (Lipinski definition) is 3. The maximum Gasteiger partial charge on any atom is 0.198 e. The second kappa shape index (κ2) is 6.48. The average Bonchev–Trinajstić information content (AvgIpc) is 3.08. The molecule has 0 aliphatic carbocycles. The van der Waals surface area contributed by atoms with Gasteiger partial charge in [-0.3, -0.25) is 0 Å². The third-order valence-electron chi connectivity index (χ3n) is 3.91. The van der Waals surface area contributed by atoms with Crippen LogP contribution in [-0.4, -0.2) is 24.0 Å². The summed E-state index contributed by atoms with van der Waals surface area (Å²) in [6.45, 7) is 8.77. The molecule has 0 amide bonds. The Morgan fingerprint density at radius 3 is 2.91 bits per heavy atom. The molecule has 1 aliphatic rings. The quantitative estimate of drug-likeness (QED) is 0.698. The van der Waals surface area contributed by atoms with E-state index < -0.39 is 0 Å². The average molecular weight is 314 g/mol. The lowest BCUT2D eigenvalue weighted by Crippen LogP contribution is -2.40. The minimum atomic E-state index is 0.639. The van der Waals surface area contributed by atoms with Crippen LogP contribution in [0.2, 0.25) is 0 Å². The monoisotopic (exact) mass is 314 g/mol. The SMILES string of the molecule is CCNC(=NCc1nc(C)c(C)s1)N1CCc2ccccc21. The number of rotatable bonds is 3. The molecule has 1 aromatic heterocycles. The summed E-state index contributed by atoms with van der Waals surface area (Å²) in [4.78, 5) is 12.9. The fourth-order valence-corrected chi connectivity index (χ4v) is 3.56. The molecule has 5 heteroatoms. The zero-order valence-electron chi connectivity index (χ0n) is 13.4. The molecule has 1 aliphatic heterocycles. The number of aliphatic imine (C=N–C) groups is 1. The first kappa shape index (κ1) is 15.0. The molecule has 0 spiro atoms. The molecule has 0 saturated heterocycles. The van der Waals surface area contributed by atoms with Crippen LogP contribution in [0.4, 0.5) is 5.69 Å². The highest BCUT2D eigenvalue weighted by molar-refractivity contribution is 7.11. The number of benzene rings is 1. The van der Waals surface area contributed by atoms with Crippen molar-refractivity contribution in [2.75, 3.05) is 18.0 Å². The highest BCUT2D eigenvalue weighted by atomic mass is 32.1. The number of nitrogens with zero attached hydrogens (tertiary/aromatic N) is 3. The number of guanidine groups is 1. The van der Waals surface area contributed by atoms with E-state index in [4.69, 9.17) is 4.99 Å². The van der Waals surface area contributed by atoms with Crippen LogP contribution in [0.1, 0.15) is 28.1 Å². The molecule has 3 rings (SSSR count). The van der Waals surface area contributed by atoms with Gasteiger partial charge in [-0.05, 0) is 38.8 Å². The zero-order chi connectivity index (χ0) is 15.5. The second-order valence-corrected chi connectivity index (χ2v) is 6.74. The molecule has 22 heavy (non-hydrogen) atoms. The van der Waals surface area contributed by atoms with E-state index in [2.05, 4.69) is 60.2 Å². The van der Waals surface area contributed by atoms with E-state index in [1.54, 1.807) is 11.3 Å². The van der Waals surface area contributed by atoms with Crippen molar-refractivity contribution in [1.29, 1.82) is 0 Å². The van der Waals surface area contributed by atoms with E-state index in [1.807, 2.05) is 0 Å². The van der Waals surface area contributed by atoms with Crippen molar-refractivity contribution in [2.45, 2.75) is 33.7 Å². The molecule has 0 atom stereocenters. The van der Waals surface area contributed by atoms with E-state index in [9.17, 15) is 0 Å². The number of fused-ring (bicyclic) bond motifs is 1. The second-order valence-electron chi connectivity index (χ2n) is 5.45. The summed E-state index contributed by atoms with van der Waals surface area (Å²) in [7, 11) is 0. The number of hydrogen-bond donors (Lipinski definition) is 1. The van der Waals surface area contributed by atoms with Gasteiger partial charge in [0.2, 0.25) is 0 Å². The van der Waals surface area contributed by atoms with Crippen LogP contribution < -0.4 is 10.2 Å². The lowest BCUT2D eigenvalue weighted by molar-refractivity contribution is 0.879. The van der Waals surface area contributed by atoms with Gasteiger partial charge in [0.15, 0.2) is 5.96 Å². The fourth-order valence-electron chi connectivity index (χ4n) is 2.70. The van der Waals surface area contributed by atoms with Crippen molar-refractivity contribution in [3.8, 4) is 0 Å². The lowest BCUT2D eigenvalue weighted by Gasteiger charge is -2.22. The predicted octanol–water partition coefficient (Wildman–Crippen LogP) is 3.29. The third kappa shape index (κ3) is 2.99. The topological polar surface area (TPSA) is 40.5 Å². The van der Waals surface area contributed by atoms with Gasteiger partial charge in [0, 0.05) is 23.7 Å². The number of aromatic nitrogens is 1. The smallest absolute Gasteiger partial charge is 0.198 e. The third-order valence-corrected chi connectivity index (χ3v) is 4.97. The summed E-state index contributed by atoms with van der Waals surface area (Å²) in [5.74, 6) is 0.956. The zero-order valence-corrected chi connectivity index (χ0v) is 14.2. The number of thiazole rings is 1. The van der Waals surface area contributed by atoms with Crippen LogP contribution in [0.5, 0.6) is 0 Å². The minimum Gasteiger partial charge on any atom is -0.356 e. The standard InChI is InChI=1S/C17H22N4S/c1-4-18-17(19-11-16-20-12(2)13(3)22-16)21-10-9-14-7-5-6-8-15(14)21/h5-8H,4,9-11H2,1-3H3,(H,18,19). The van der Waals surface area contributed by atoms with E-state index >= 15 is 0 Å². The predicted molar refractivity (Wildman–Crippen MR) is 93.9 cm³/mol. The van der Waals surface area contributed by atoms with Gasteiger partial charge in [0.25, 0.3) is 0 Å². The Morgan fingerprint density at radius 1 is 1.36 bits per heavy atom. The van der Waals surface area contributed by atoms with Crippen molar-refractivity contribution >= 4 is 23.0 Å². The molecule has 0 bridgehead atoms. The normalized spacial score (nSPS) is 14.3. The van der Waals surface area contributed by atoms with Crippen LogP contribution in [0.15, 0.2) is 29.3 Å². The molecular weight excluding hydrogens is 292 g/mol. The van der Waals surface area contributed by atoms with Crippen LogP contribution in [-0.2, 0) is 13.0 Å². The summed E-state index contributed by atoms with van der Waals surface area (Å²) in [5, 5.41) is 4.49. The molecule has 1 aromatic carbocycles. The first-order valence-corrected chi connectivity index (χ1v) is 8.57. The van der Waals surface area contributed by atoms with Crippen LogP contribution >= 0.6 is 11.3 Å². The maximum absolute atomic E-state index is 4.80. The molecule has 116 valence electrons. The van der Waals surface area contributed by atoms with Crippen molar-refractivity contribution in [3.63, 3.8) is 0 Å². The summed E-state index contributed by atoms with van der Waals surface area (Å²) in [6, 6.07) is 8.57. The molecule has 2 heterocycles. The fraction of sp³-hybridized carbons (Fsp3) is 0.412. The Hall–Kier alpha value is -1.88. The van der Waals surface area contributed by atoms with E-state index in [-0.39, 0.29) is 0 Å². The van der Waals surface area contributed by atoms with Gasteiger partial charge in [-0.1, -0.05) is 18.2 Å². The van der Waals surface area contributed by atoms with Gasteiger partial charge < -0.3 is 10.2 Å². The maximum atomic E-state index is 4.80. The van der Waals surface area contributed by atoms with Gasteiger partial charge in [-0.15, -0.1) is 11.3 Å². The first-order chi connectivity index (χ1) is 10.7. The van der Waals surface area contributed by atoms with Gasteiger partial charge in [-0.25, -0.2) is 9.98 Å². The number of nitrogens with one attached hydrogen (secondary N) is 1. The van der Waals surface area contributed by atoms with Gasteiger partial charge in [0.1, 0.15) is 5.01 Å². The van der Waals surface area contributed by atoms with Crippen LogP contribution in [0.3, 0.4) is 0 Å². The van der Waals surface area contributed by atoms with E-state index in [0.717, 1.165) is 36.2 Å². The minimum absolute atomic E-state index is 0.639. The number of anilines is 1.